The smallest absolute Gasteiger partial charge is 0.307 e. The van der Waals surface area contributed by atoms with E-state index in [1.807, 2.05) is 6.92 Å². The first kappa shape index (κ1) is 12.6. The van der Waals surface area contributed by atoms with Crippen molar-refractivity contribution in [1.29, 1.82) is 0 Å². The van der Waals surface area contributed by atoms with Crippen molar-refractivity contribution in [3.05, 3.63) is 0 Å². The zero-order valence-corrected chi connectivity index (χ0v) is 8.97. The average molecular weight is 208 g/mol. The molecule has 0 rings (SSSR count). The molecular weight excluding hydrogens is 192 g/mol. The number of rotatable bonds is 6. The van der Waals surface area contributed by atoms with E-state index in [1.165, 1.54) is 0 Å². The minimum Gasteiger partial charge on any atom is -0.481 e. The van der Waals surface area contributed by atoms with E-state index >= 15 is 0 Å². The fraction of sp³-hybridized carbons (Fsp3) is 0.875. The van der Waals surface area contributed by atoms with Crippen LogP contribution in [0.25, 0.3) is 0 Å². The third-order valence-electron chi connectivity index (χ3n) is 1.68. The van der Waals surface area contributed by atoms with Gasteiger partial charge in [0.05, 0.1) is 12.0 Å². The molecular formula is C8H16O4S. The number of ether oxygens (including phenoxy) is 1. The van der Waals surface area contributed by atoms with Crippen LogP contribution in [0.2, 0.25) is 0 Å². The van der Waals surface area contributed by atoms with Gasteiger partial charge in [-0.1, -0.05) is 6.92 Å². The van der Waals surface area contributed by atoms with Gasteiger partial charge in [-0.2, -0.15) is 0 Å². The van der Waals surface area contributed by atoms with Crippen molar-refractivity contribution in [2.45, 2.75) is 20.0 Å². The molecule has 0 saturated carbocycles. The first-order chi connectivity index (χ1) is 5.97. The summed E-state index contributed by atoms with van der Waals surface area (Å²) in [5.74, 6) is -0.861. The molecule has 1 N–H and O–H groups in total. The molecule has 0 aliphatic heterocycles. The van der Waals surface area contributed by atoms with Gasteiger partial charge in [-0.3, -0.25) is 9.00 Å². The lowest BCUT2D eigenvalue weighted by Gasteiger charge is -2.10. The van der Waals surface area contributed by atoms with E-state index in [0.717, 1.165) is 0 Å². The second-order valence-corrected chi connectivity index (χ2v) is 4.61. The number of methoxy groups -OCH3 is 1. The molecule has 0 radical (unpaired) electrons. The Morgan fingerprint density at radius 3 is 2.38 bits per heavy atom. The molecule has 0 amide bonds. The molecule has 0 aliphatic carbocycles. The first-order valence-electron chi connectivity index (χ1n) is 4.08. The van der Waals surface area contributed by atoms with Crippen LogP contribution >= 0.6 is 0 Å². The summed E-state index contributed by atoms with van der Waals surface area (Å²) in [6.45, 7) is 3.36. The summed E-state index contributed by atoms with van der Waals surface area (Å²) >= 11 is 0. The zero-order chi connectivity index (χ0) is 10.4. The lowest BCUT2D eigenvalue weighted by atomic mass is 10.2. The third kappa shape index (κ3) is 5.76. The number of hydrogen-bond acceptors (Lipinski definition) is 3. The van der Waals surface area contributed by atoms with Gasteiger partial charge in [-0.05, 0) is 6.92 Å². The van der Waals surface area contributed by atoms with E-state index in [2.05, 4.69) is 0 Å². The maximum Gasteiger partial charge on any atom is 0.307 e. The Kier molecular flexibility index (Phi) is 5.90. The summed E-state index contributed by atoms with van der Waals surface area (Å²) < 4.78 is 16.2. The SMILES string of the molecule is COC(C)CS(=O)CC(C)C(=O)O. The summed E-state index contributed by atoms with van der Waals surface area (Å²) in [5.41, 5.74) is 0. The Labute approximate surface area is 80.7 Å². The number of aliphatic carboxylic acids is 1. The summed E-state index contributed by atoms with van der Waals surface area (Å²) in [5, 5.41) is 8.56. The van der Waals surface area contributed by atoms with Gasteiger partial charge in [0.2, 0.25) is 0 Å². The zero-order valence-electron chi connectivity index (χ0n) is 8.15. The molecule has 3 unspecified atom stereocenters. The van der Waals surface area contributed by atoms with Gasteiger partial charge in [0, 0.05) is 29.4 Å². The maximum absolute atomic E-state index is 11.3. The fourth-order valence-corrected chi connectivity index (χ4v) is 2.24. The lowest BCUT2D eigenvalue weighted by molar-refractivity contribution is -0.140. The van der Waals surface area contributed by atoms with Crippen LogP contribution in [-0.4, -0.2) is 40.0 Å². The molecule has 78 valence electrons. The Balaban J connectivity index is 3.81. The molecule has 13 heavy (non-hydrogen) atoms. The summed E-state index contributed by atoms with van der Waals surface area (Å²) in [6, 6.07) is 0. The first-order valence-corrected chi connectivity index (χ1v) is 5.56. The van der Waals surface area contributed by atoms with Crippen LogP contribution in [0.1, 0.15) is 13.8 Å². The molecule has 0 aromatic heterocycles. The van der Waals surface area contributed by atoms with Crippen LogP contribution in [-0.2, 0) is 20.3 Å². The van der Waals surface area contributed by atoms with Gasteiger partial charge in [0.25, 0.3) is 0 Å². The Morgan fingerprint density at radius 1 is 1.46 bits per heavy atom. The van der Waals surface area contributed by atoms with Gasteiger partial charge >= 0.3 is 5.97 Å². The lowest BCUT2D eigenvalue weighted by Crippen LogP contribution is -2.23. The number of carboxylic acids is 1. The van der Waals surface area contributed by atoms with Gasteiger partial charge in [0.15, 0.2) is 0 Å². The average Bonchev–Trinajstić information content (AvgIpc) is 2.03. The molecule has 0 bridgehead atoms. The van der Waals surface area contributed by atoms with Crippen LogP contribution in [0.4, 0.5) is 0 Å². The number of carboxylic acid groups (broad SMARTS) is 1. The summed E-state index contributed by atoms with van der Waals surface area (Å²) in [4.78, 5) is 10.4. The van der Waals surface area contributed by atoms with Crippen LogP contribution in [0.5, 0.6) is 0 Å². The largest absolute Gasteiger partial charge is 0.481 e. The van der Waals surface area contributed by atoms with Gasteiger partial charge < -0.3 is 9.84 Å². The van der Waals surface area contributed by atoms with Gasteiger partial charge in [0.1, 0.15) is 0 Å². The number of carbonyl (C=O) groups is 1. The second kappa shape index (κ2) is 6.10. The monoisotopic (exact) mass is 208 g/mol. The predicted octanol–water partition coefficient (Wildman–Crippen LogP) is 0.491. The molecule has 0 fully saturated rings. The normalized spacial score (nSPS) is 17.8. The van der Waals surface area contributed by atoms with E-state index in [1.54, 1.807) is 14.0 Å². The van der Waals surface area contributed by atoms with E-state index in [4.69, 9.17) is 9.84 Å². The predicted molar refractivity (Wildman–Crippen MR) is 51.1 cm³/mol. The van der Waals surface area contributed by atoms with Crippen molar-refractivity contribution in [2.24, 2.45) is 5.92 Å². The second-order valence-electron chi connectivity index (χ2n) is 3.06. The Morgan fingerprint density at radius 2 is 2.00 bits per heavy atom. The van der Waals surface area contributed by atoms with Crippen LogP contribution in [0.15, 0.2) is 0 Å². The van der Waals surface area contributed by atoms with Crippen molar-refractivity contribution >= 4 is 16.8 Å². The van der Waals surface area contributed by atoms with Gasteiger partial charge in [-0.15, -0.1) is 0 Å². The van der Waals surface area contributed by atoms with Crippen molar-refractivity contribution in [2.75, 3.05) is 18.6 Å². The molecule has 0 heterocycles. The highest BCUT2D eigenvalue weighted by atomic mass is 32.2. The summed E-state index contributed by atoms with van der Waals surface area (Å²) in [6.07, 6.45) is -0.0816. The minimum atomic E-state index is -1.11. The molecule has 0 aromatic rings. The van der Waals surface area contributed by atoms with Crippen LogP contribution in [0.3, 0.4) is 0 Å². The molecule has 0 spiro atoms. The maximum atomic E-state index is 11.3. The van der Waals surface area contributed by atoms with Crippen molar-refractivity contribution < 1.29 is 18.8 Å². The van der Waals surface area contributed by atoms with Crippen molar-refractivity contribution in [1.82, 2.24) is 0 Å². The topological polar surface area (TPSA) is 63.6 Å². The fourth-order valence-electron chi connectivity index (χ4n) is 0.748. The molecule has 3 atom stereocenters. The Hall–Kier alpha value is -0.420. The van der Waals surface area contributed by atoms with Crippen LogP contribution < -0.4 is 0 Å². The summed E-state index contributed by atoms with van der Waals surface area (Å²) in [7, 11) is 0.438. The number of hydrogen-bond donors (Lipinski definition) is 1. The van der Waals surface area contributed by atoms with Gasteiger partial charge in [-0.25, -0.2) is 0 Å². The van der Waals surface area contributed by atoms with E-state index in [-0.39, 0.29) is 11.9 Å². The van der Waals surface area contributed by atoms with Crippen LogP contribution in [0, 0.1) is 5.92 Å². The molecule has 5 heteroatoms. The van der Waals surface area contributed by atoms with Crippen molar-refractivity contribution in [3.8, 4) is 0 Å². The Bertz CT molecular complexity index is 193. The van der Waals surface area contributed by atoms with E-state index in [9.17, 15) is 9.00 Å². The minimum absolute atomic E-state index is 0.0816. The third-order valence-corrected chi connectivity index (χ3v) is 3.39. The van der Waals surface area contributed by atoms with E-state index < -0.39 is 22.7 Å². The molecule has 0 saturated heterocycles. The highest BCUT2D eigenvalue weighted by molar-refractivity contribution is 7.85. The molecule has 0 aliphatic rings. The molecule has 0 aromatic carbocycles. The highest BCUT2D eigenvalue weighted by Crippen LogP contribution is 2.01. The molecule has 4 nitrogen and oxygen atoms in total. The highest BCUT2D eigenvalue weighted by Gasteiger charge is 2.16. The quantitative estimate of drug-likeness (QED) is 0.690. The van der Waals surface area contributed by atoms with Crippen molar-refractivity contribution in [3.63, 3.8) is 0 Å². The standard InChI is InChI=1S/C8H16O4S/c1-6(8(9)10)4-13(11)5-7(2)12-3/h6-7H,4-5H2,1-3H3,(H,9,10). The van der Waals surface area contributed by atoms with E-state index in [0.29, 0.717) is 5.75 Å².